The number of anilines is 2. The summed E-state index contributed by atoms with van der Waals surface area (Å²) in [5.41, 5.74) is -0.414. The van der Waals surface area contributed by atoms with E-state index < -0.39 is 33.7 Å². The van der Waals surface area contributed by atoms with Crippen molar-refractivity contribution in [3.05, 3.63) is 71.1 Å². The topological polar surface area (TPSA) is 127 Å². The first-order valence-corrected chi connectivity index (χ1v) is 17.5. The molecular formula is C33H38Cl2N6O6S. The highest BCUT2D eigenvalue weighted by Crippen LogP contribution is 2.32. The predicted octanol–water partition coefficient (Wildman–Crippen LogP) is 6.32. The van der Waals surface area contributed by atoms with Crippen molar-refractivity contribution in [1.29, 1.82) is 0 Å². The van der Waals surface area contributed by atoms with E-state index in [2.05, 4.69) is 9.88 Å². The molecule has 2 aromatic carbocycles. The van der Waals surface area contributed by atoms with Crippen molar-refractivity contribution in [1.82, 2.24) is 19.4 Å². The number of hydrogen-bond donors (Lipinski definition) is 0. The van der Waals surface area contributed by atoms with Crippen molar-refractivity contribution in [2.75, 3.05) is 41.9 Å². The van der Waals surface area contributed by atoms with E-state index in [-0.39, 0.29) is 26.7 Å². The third kappa shape index (κ3) is 8.31. The van der Waals surface area contributed by atoms with Gasteiger partial charge >= 0.3 is 12.1 Å². The van der Waals surface area contributed by atoms with Gasteiger partial charge < -0.3 is 19.3 Å². The van der Waals surface area contributed by atoms with Crippen LogP contribution in [-0.4, -0.2) is 83.8 Å². The van der Waals surface area contributed by atoms with Crippen molar-refractivity contribution in [3.63, 3.8) is 0 Å². The molecule has 3 heterocycles. The first-order valence-electron chi connectivity index (χ1n) is 15.3. The van der Waals surface area contributed by atoms with E-state index in [0.717, 1.165) is 9.82 Å². The molecule has 15 heteroatoms. The van der Waals surface area contributed by atoms with Gasteiger partial charge in [0.05, 0.1) is 28.5 Å². The molecule has 0 spiro atoms. The van der Waals surface area contributed by atoms with Crippen LogP contribution in [0.15, 0.2) is 66.0 Å². The number of ether oxygens (including phenoxy) is 2. The molecule has 1 amide bonds. The molecule has 0 radical (unpaired) electrons. The Balaban J connectivity index is 1.42. The zero-order valence-corrected chi connectivity index (χ0v) is 29.9. The maximum Gasteiger partial charge on any atom is 0.410 e. The van der Waals surface area contributed by atoms with Gasteiger partial charge in [0.25, 0.3) is 10.0 Å². The molecule has 256 valence electrons. The molecule has 1 aliphatic rings. The Bertz CT molecular complexity index is 1930. The summed E-state index contributed by atoms with van der Waals surface area (Å²) in [6.07, 6.45) is 4.79. The second-order valence-corrected chi connectivity index (χ2v) is 16.1. The quantitative estimate of drug-likeness (QED) is 0.202. The van der Waals surface area contributed by atoms with Crippen molar-refractivity contribution < 1.29 is 27.5 Å². The minimum Gasteiger partial charge on any atom is -0.459 e. The number of benzene rings is 2. The van der Waals surface area contributed by atoms with Gasteiger partial charge in [0, 0.05) is 47.8 Å². The second-order valence-electron chi connectivity index (χ2n) is 13.3. The number of nitrogens with zero attached hydrogens (tertiary/aromatic N) is 6. The number of carbonyl (C=O) groups excluding carboxylic acids is 2. The number of aromatic nitrogens is 3. The first kappa shape index (κ1) is 35.2. The van der Waals surface area contributed by atoms with E-state index in [1.54, 1.807) is 56.3 Å². The molecule has 0 atom stereocenters. The van der Waals surface area contributed by atoms with Crippen molar-refractivity contribution in [2.45, 2.75) is 57.6 Å². The molecule has 2 aromatic heterocycles. The van der Waals surface area contributed by atoms with E-state index in [1.165, 1.54) is 18.2 Å². The van der Waals surface area contributed by atoms with Gasteiger partial charge in [0.2, 0.25) is 0 Å². The molecule has 0 aliphatic carbocycles. The van der Waals surface area contributed by atoms with Crippen LogP contribution in [0.4, 0.5) is 16.3 Å². The summed E-state index contributed by atoms with van der Waals surface area (Å²) in [5.74, 6) is 0.483. The highest BCUT2D eigenvalue weighted by molar-refractivity contribution is 7.92. The zero-order chi connectivity index (χ0) is 35.0. The molecule has 12 nitrogen and oxygen atoms in total. The lowest BCUT2D eigenvalue weighted by Crippen LogP contribution is -2.50. The first-order chi connectivity index (χ1) is 22.4. The third-order valence-electron chi connectivity index (χ3n) is 7.19. The normalized spacial score (nSPS) is 14.2. The Hall–Kier alpha value is -4.07. The largest absolute Gasteiger partial charge is 0.459 e. The summed E-state index contributed by atoms with van der Waals surface area (Å²) in [4.78, 5) is 38.3. The highest BCUT2D eigenvalue weighted by atomic mass is 35.5. The van der Waals surface area contributed by atoms with E-state index in [9.17, 15) is 18.0 Å². The fourth-order valence-electron chi connectivity index (χ4n) is 5.15. The number of amides is 1. The van der Waals surface area contributed by atoms with Gasteiger partial charge in [-0.1, -0.05) is 23.2 Å². The molecule has 0 unspecified atom stereocenters. The molecule has 0 N–H and O–H groups in total. The average Bonchev–Trinajstić information content (AvgIpc) is 3.41. The Morgan fingerprint density at radius 1 is 0.854 bits per heavy atom. The minimum atomic E-state index is -4.30. The predicted molar refractivity (Wildman–Crippen MR) is 186 cm³/mol. The summed E-state index contributed by atoms with van der Waals surface area (Å²) in [6.45, 7) is 12.2. The monoisotopic (exact) mass is 716 g/mol. The van der Waals surface area contributed by atoms with Gasteiger partial charge in [-0.2, -0.15) is 0 Å². The lowest BCUT2D eigenvalue weighted by atomic mass is 10.2. The molecule has 1 saturated heterocycles. The Morgan fingerprint density at radius 2 is 1.48 bits per heavy atom. The Morgan fingerprint density at radius 3 is 2.10 bits per heavy atom. The van der Waals surface area contributed by atoms with Crippen molar-refractivity contribution in [3.8, 4) is 5.82 Å². The van der Waals surface area contributed by atoms with Crippen LogP contribution in [0.1, 0.15) is 41.5 Å². The number of hydrogen-bond acceptors (Lipinski definition) is 9. The molecule has 1 fully saturated rings. The zero-order valence-electron chi connectivity index (χ0n) is 27.6. The maximum atomic E-state index is 14.0. The number of carbonyl (C=O) groups is 2. The van der Waals surface area contributed by atoms with E-state index in [1.807, 2.05) is 37.6 Å². The summed E-state index contributed by atoms with van der Waals surface area (Å²) >= 11 is 12.3. The Kier molecular flexibility index (Phi) is 9.87. The highest BCUT2D eigenvalue weighted by Gasteiger charge is 2.31. The number of esters is 1. The average molecular weight is 718 g/mol. The number of rotatable bonds is 7. The van der Waals surface area contributed by atoms with E-state index >= 15 is 0 Å². The molecule has 0 saturated carbocycles. The van der Waals surface area contributed by atoms with Crippen LogP contribution >= 0.6 is 23.2 Å². The third-order valence-corrected chi connectivity index (χ3v) is 9.38. The standard InChI is InChI=1S/C33H38Cl2N6O6S/c1-32(2,3)46-30(42)21-41(48(44,45)26-17-23(34)16-24(35)18-26)25-7-8-27-22(15-25)9-10-40(27)29-20-36-19-28(37-29)38-11-13-39(14-12-38)31(43)47-33(4,5)6/h7-10,15-20H,11-14,21H2,1-6H3. The smallest absolute Gasteiger partial charge is 0.410 e. The van der Waals surface area contributed by atoms with Gasteiger partial charge in [0.15, 0.2) is 5.82 Å². The molecule has 4 aromatic rings. The SMILES string of the molecule is CC(C)(C)OC(=O)CN(c1ccc2c(ccn2-c2cncc(N3CCN(C(=O)OC(C)(C)C)CC3)n2)c1)S(=O)(=O)c1cc(Cl)cc(Cl)c1. The van der Waals surface area contributed by atoms with Gasteiger partial charge in [-0.3, -0.25) is 18.7 Å². The summed E-state index contributed by atoms with van der Waals surface area (Å²) in [6, 6.07) is 10.8. The van der Waals surface area contributed by atoms with Gasteiger partial charge in [-0.05, 0) is 84.0 Å². The van der Waals surface area contributed by atoms with Crippen LogP contribution in [0, 0.1) is 0 Å². The lowest BCUT2D eigenvalue weighted by Gasteiger charge is -2.36. The molecule has 5 rings (SSSR count). The maximum absolute atomic E-state index is 14.0. The van der Waals surface area contributed by atoms with Crippen LogP contribution < -0.4 is 9.21 Å². The molecular weight excluding hydrogens is 679 g/mol. The van der Waals surface area contributed by atoms with Crippen LogP contribution in [0.3, 0.4) is 0 Å². The second kappa shape index (κ2) is 13.4. The van der Waals surface area contributed by atoms with Crippen LogP contribution in [0.2, 0.25) is 10.0 Å². The number of halogens is 2. The fraction of sp³-hybridized carbons (Fsp3) is 0.394. The van der Waals surface area contributed by atoms with Crippen molar-refractivity contribution in [2.24, 2.45) is 0 Å². The van der Waals surface area contributed by atoms with Crippen LogP contribution in [0.5, 0.6) is 0 Å². The summed E-state index contributed by atoms with van der Waals surface area (Å²) in [5, 5.41) is 0.970. The molecule has 1 aliphatic heterocycles. The van der Waals surface area contributed by atoms with Crippen LogP contribution in [-0.2, 0) is 24.3 Å². The van der Waals surface area contributed by atoms with E-state index in [0.29, 0.717) is 43.2 Å². The lowest BCUT2D eigenvalue weighted by molar-refractivity contribution is -0.152. The number of fused-ring (bicyclic) bond motifs is 1. The van der Waals surface area contributed by atoms with Crippen molar-refractivity contribution >= 4 is 67.7 Å². The minimum absolute atomic E-state index is 0.138. The number of sulfonamides is 1. The molecule has 48 heavy (non-hydrogen) atoms. The number of piperazine rings is 1. The van der Waals surface area contributed by atoms with Crippen LogP contribution in [0.25, 0.3) is 16.7 Å². The van der Waals surface area contributed by atoms with Gasteiger partial charge in [0.1, 0.15) is 23.6 Å². The fourth-order valence-corrected chi connectivity index (χ4v) is 7.28. The summed E-state index contributed by atoms with van der Waals surface area (Å²) < 4.78 is 41.7. The van der Waals surface area contributed by atoms with E-state index in [4.69, 9.17) is 37.7 Å². The molecule has 0 bridgehead atoms. The summed E-state index contributed by atoms with van der Waals surface area (Å²) in [7, 11) is -4.30. The van der Waals surface area contributed by atoms with Gasteiger partial charge in [-0.25, -0.2) is 18.2 Å². The Labute approximate surface area is 290 Å². The van der Waals surface area contributed by atoms with Gasteiger partial charge in [-0.15, -0.1) is 0 Å².